The van der Waals surface area contributed by atoms with Gasteiger partial charge in [-0.1, -0.05) is 169 Å². The number of carbonyl (C=O) groups excluding carboxylic acids is 9. The van der Waals surface area contributed by atoms with Crippen molar-refractivity contribution in [3.05, 3.63) is 101 Å². The number of rotatable bonds is 26. The minimum Gasteiger partial charge on any atom is -0.480 e. The van der Waals surface area contributed by atoms with Crippen molar-refractivity contribution in [1.82, 2.24) is 52.1 Å². The van der Waals surface area contributed by atoms with Crippen LogP contribution in [0.4, 0.5) is 27.2 Å². The number of pyridine rings is 2. The molecule has 8 N–H and O–H groups in total. The van der Waals surface area contributed by atoms with Crippen LogP contribution >= 0.6 is 85.5 Å². The average Bonchev–Trinajstić information content (AvgIpc) is 1.40. The van der Waals surface area contributed by atoms with Crippen LogP contribution in [0.5, 0.6) is 0 Å². The predicted molar refractivity (Wildman–Crippen MR) is 428 cm³/mol. The number of aliphatic hydroxyl groups is 1. The van der Waals surface area contributed by atoms with Gasteiger partial charge in [-0.3, -0.25) is 58.3 Å². The smallest absolute Gasteiger partial charge is 0.408 e. The number of hydrogen-bond donors (Lipinski definition) is 8. The van der Waals surface area contributed by atoms with E-state index >= 15 is 0 Å². The number of alkyl carbamates (subject to hydrolysis) is 2. The molecule has 0 aliphatic carbocycles. The zero-order chi connectivity index (χ0) is 85.2. The van der Waals surface area contributed by atoms with E-state index in [0.29, 0.717) is 49.0 Å². The lowest BCUT2D eigenvalue weighted by atomic mass is 9.89. The number of hydrogen-bond acceptors (Lipinski definition) is 20. The van der Waals surface area contributed by atoms with Gasteiger partial charge in [0.15, 0.2) is 6.10 Å². The number of carboxylic acids is 1. The standard InChI is InChI=1S/C37H48Cl3F2N5O8.C16H19BrN2O2.C15H24Cl3N3O5.C6H8F2O2.CH4/c1-21(2)29(30(48)43-23(4)31(49)47-16-8-9-27(46-47)32(50)53-20-37(38,39)40)54-33(51)36(18-41,19-42)15-14-24-10-11-25-12-13-26(45-28(25)17-24)22(3)44-34(52)55-35(5,6)7;1-10(18-15(20)21-16(2,3)4)13-8-6-11-5-7-12(17)9-14(11)19-13;1-8(2)11(22)12(23)19-9(3)13(24)21-6-4-5-10(20-21)14(25)26-7-15(16,17)18;1-2-6(3-7,4-8)5(9)10;/h10-15,17,21-23,27,29,46H,8-9,16,18-20H2,1-7H3,(H,43,48)(H,44,52);5-10H,1-4H3,(H,18,20);8-11,20,22H,4-7H2,1-3H3,(H,19,23);2H,1,3-4H2,(H,9,10);1H4/b15-14+;;;;/t22-,23+,27+,29+;10-;9-,10-,11-;;/m110../s1. The SMILES string of the molecule is C.C=CC(CF)(CF)C(=O)O.CC(C)[C@H](O)C(=O)N[C@@H](C)C(=O)N1CCC[C@@H](C(=O)OCC(Cl)(Cl)Cl)N1.CC(C)[C@H](OC(=O)C(/C=C/c1ccc2ccc([C@@H](C)NC(=O)OC(C)(C)C)nc2c1)(CF)CF)C(=O)N[C@@H](C)C(=O)N1CCC[C@@H](C(=O)OCC(Cl)(Cl)Cl)N1.C[C@@H](NC(=O)OC(C)(C)C)c1ccc2ccc(Br)cc2n1. The third kappa shape index (κ3) is 34.3. The number of carbonyl (C=O) groups is 10. The predicted octanol–water partition coefficient (Wildman–Crippen LogP) is 13.6. The molecule has 6 amide bonds. The summed E-state index contributed by atoms with van der Waals surface area (Å²) in [7, 11) is 0. The highest BCUT2D eigenvalue weighted by atomic mass is 79.9. The minimum atomic E-state index is -2.39. The van der Waals surface area contributed by atoms with Gasteiger partial charge in [0.25, 0.3) is 17.7 Å². The van der Waals surface area contributed by atoms with Gasteiger partial charge in [0.05, 0.1) is 34.5 Å². The van der Waals surface area contributed by atoms with E-state index in [4.69, 9.17) is 98.4 Å². The molecule has 0 unspecified atom stereocenters. The number of amides is 6. The lowest BCUT2D eigenvalue weighted by Crippen LogP contribution is -2.60. The fourth-order valence-corrected chi connectivity index (χ4v) is 10.5. The molecule has 27 nitrogen and oxygen atoms in total. The zero-order valence-corrected chi connectivity index (χ0v) is 70.6. The Morgan fingerprint density at radius 2 is 1.00 bits per heavy atom. The van der Waals surface area contributed by atoms with Crippen molar-refractivity contribution in [2.24, 2.45) is 22.7 Å². The van der Waals surface area contributed by atoms with Crippen molar-refractivity contribution < 1.29 is 99.4 Å². The third-order valence-electron chi connectivity index (χ3n) is 16.2. The topological polar surface area (TPSA) is 362 Å². The molecule has 2 aromatic carbocycles. The Bertz CT molecular complexity index is 3920. The van der Waals surface area contributed by atoms with Crippen molar-refractivity contribution in [3.8, 4) is 0 Å². The minimum absolute atomic E-state index is 0. The van der Waals surface area contributed by atoms with Gasteiger partial charge >= 0.3 is 36.1 Å². The molecule has 2 aromatic heterocycles. The number of fused-ring (bicyclic) bond motifs is 2. The number of aliphatic hydroxyl groups excluding tert-OH is 1. The summed E-state index contributed by atoms with van der Waals surface area (Å²) in [6.07, 6.45) is 1.17. The summed E-state index contributed by atoms with van der Waals surface area (Å²) in [5.41, 5.74) is 3.10. The first-order valence-corrected chi connectivity index (χ1v) is 38.3. The highest BCUT2D eigenvalue weighted by Crippen LogP contribution is 2.31. The van der Waals surface area contributed by atoms with E-state index in [-0.39, 0.29) is 25.9 Å². The number of hydrazine groups is 2. The van der Waals surface area contributed by atoms with Crippen molar-refractivity contribution >= 4 is 173 Å². The molecule has 8 atom stereocenters. The van der Waals surface area contributed by atoms with Crippen LogP contribution in [0.1, 0.15) is 159 Å². The van der Waals surface area contributed by atoms with E-state index in [1.54, 1.807) is 79.7 Å². The molecule has 0 bridgehead atoms. The largest absolute Gasteiger partial charge is 0.480 e. The van der Waals surface area contributed by atoms with Gasteiger partial charge in [0.2, 0.25) is 13.5 Å². The highest BCUT2D eigenvalue weighted by Gasteiger charge is 2.43. The summed E-state index contributed by atoms with van der Waals surface area (Å²) in [6, 6.07) is 14.0. The Hall–Kier alpha value is -7.14. The second-order valence-electron chi connectivity index (χ2n) is 29.0. The first-order chi connectivity index (χ1) is 51.9. The number of benzene rings is 2. The molecule has 4 aromatic rings. The monoisotopic (exact) mass is 1780 g/mol. The Kier molecular flexibility index (Phi) is 41.5. The van der Waals surface area contributed by atoms with Crippen molar-refractivity contribution in [2.45, 2.75) is 197 Å². The Morgan fingerprint density at radius 1 is 0.602 bits per heavy atom. The highest BCUT2D eigenvalue weighted by molar-refractivity contribution is 9.10. The van der Waals surface area contributed by atoms with Gasteiger partial charge < -0.3 is 55.2 Å². The third-order valence-corrected chi connectivity index (χ3v) is 17.4. The van der Waals surface area contributed by atoms with E-state index < -0.39 is 178 Å². The lowest BCUT2D eigenvalue weighted by Gasteiger charge is -2.35. The molecule has 2 aliphatic heterocycles. The zero-order valence-electron chi connectivity index (χ0n) is 64.4. The molecule has 38 heteroatoms. The molecular weight excluding hydrogens is 1680 g/mol. The number of aliphatic carboxylic acids is 1. The van der Waals surface area contributed by atoms with E-state index in [0.717, 1.165) is 43.6 Å². The van der Waals surface area contributed by atoms with Crippen LogP contribution in [0.3, 0.4) is 0 Å². The number of halogens is 11. The first kappa shape index (κ1) is 102. The fourth-order valence-electron chi connectivity index (χ4n) is 9.81. The van der Waals surface area contributed by atoms with Crippen LogP contribution in [-0.2, 0) is 62.0 Å². The maximum absolute atomic E-state index is 14.6. The Balaban J connectivity index is 0.000000611. The molecule has 2 fully saturated rings. The van der Waals surface area contributed by atoms with Crippen LogP contribution in [0.2, 0.25) is 0 Å². The second-order valence-corrected chi connectivity index (χ2v) is 34.9. The van der Waals surface area contributed by atoms with Crippen LogP contribution in [-0.4, -0.2) is 198 Å². The van der Waals surface area contributed by atoms with Crippen molar-refractivity contribution in [2.75, 3.05) is 53.0 Å². The quantitative estimate of drug-likeness (QED) is 0.00951. The number of esters is 3. The summed E-state index contributed by atoms with van der Waals surface area (Å²) < 4.78 is 76.3. The first-order valence-electron chi connectivity index (χ1n) is 35.2. The maximum atomic E-state index is 14.6. The molecular formula is C75H103BrCl6F4N10O17. The lowest BCUT2D eigenvalue weighted by molar-refractivity contribution is -0.168. The summed E-state index contributed by atoms with van der Waals surface area (Å²) in [5.74, 6) is -7.71. The second kappa shape index (κ2) is 46.0. The molecule has 113 heavy (non-hydrogen) atoms. The van der Waals surface area contributed by atoms with Gasteiger partial charge in [0.1, 0.15) is 92.2 Å². The molecule has 6 rings (SSSR count). The van der Waals surface area contributed by atoms with E-state index in [2.05, 4.69) is 64.6 Å². The number of ether oxygens (including phenoxy) is 5. The normalized spacial score (nSPS) is 16.4. The summed E-state index contributed by atoms with van der Waals surface area (Å²) in [4.78, 5) is 132. The summed E-state index contributed by atoms with van der Waals surface area (Å²) >= 11 is 37.0. The average molecular weight is 1790 g/mol. The number of nitrogens with zero attached hydrogens (tertiary/aromatic N) is 4. The molecule has 632 valence electrons. The number of carboxylic acid groups (broad SMARTS) is 1. The Labute approximate surface area is 694 Å². The number of alkyl halides is 10. The molecule has 4 heterocycles. The summed E-state index contributed by atoms with van der Waals surface area (Å²) in [6.45, 7) is 21.0. The van der Waals surface area contributed by atoms with Crippen LogP contribution in [0.25, 0.3) is 27.9 Å². The molecule has 0 spiro atoms. The number of aromatic nitrogens is 2. The van der Waals surface area contributed by atoms with Crippen LogP contribution < -0.4 is 32.1 Å². The maximum Gasteiger partial charge on any atom is 0.408 e. The van der Waals surface area contributed by atoms with E-state index in [9.17, 15) is 70.6 Å². The van der Waals surface area contributed by atoms with Gasteiger partial charge in [-0.15, -0.1) is 6.58 Å². The van der Waals surface area contributed by atoms with Crippen LogP contribution in [0.15, 0.2) is 83.9 Å². The summed E-state index contributed by atoms with van der Waals surface area (Å²) in [5, 5.41) is 32.7. The molecule has 0 saturated carbocycles. The van der Waals surface area contributed by atoms with Gasteiger partial charge in [-0.05, 0) is 143 Å². The van der Waals surface area contributed by atoms with Crippen molar-refractivity contribution in [3.63, 3.8) is 0 Å². The van der Waals surface area contributed by atoms with E-state index in [1.807, 2.05) is 64.1 Å². The molecule has 2 saturated heterocycles. The molecule has 2 aliphatic rings. The van der Waals surface area contributed by atoms with E-state index in [1.165, 1.54) is 24.9 Å². The number of nitrogens with one attached hydrogen (secondary N) is 6. The van der Waals surface area contributed by atoms with Crippen molar-refractivity contribution in [1.29, 1.82) is 0 Å². The van der Waals surface area contributed by atoms with Gasteiger partial charge in [-0.2, -0.15) is 0 Å². The molecule has 0 radical (unpaired) electrons. The van der Waals surface area contributed by atoms with Crippen LogP contribution in [0, 0.1) is 22.7 Å². The fraction of sp³-hybridized carbons (Fsp3) is 0.573. The van der Waals surface area contributed by atoms with Gasteiger partial charge in [0, 0.05) is 28.3 Å². The Morgan fingerprint density at radius 3 is 1.36 bits per heavy atom. The van der Waals surface area contributed by atoms with Gasteiger partial charge in [-0.25, -0.2) is 38.0 Å².